The number of rotatable bonds is 7. The van der Waals surface area contributed by atoms with Crippen molar-refractivity contribution in [2.24, 2.45) is 4.99 Å². The Bertz CT molecular complexity index is 841. The van der Waals surface area contributed by atoms with Crippen LogP contribution in [0.2, 0.25) is 0 Å². The van der Waals surface area contributed by atoms with Crippen LogP contribution in [0, 0.1) is 6.92 Å². The smallest absolute Gasteiger partial charge is 0.193 e. The van der Waals surface area contributed by atoms with Crippen molar-refractivity contribution in [2.45, 2.75) is 31.7 Å². The average Bonchev–Trinajstić information content (AvgIpc) is 3.49. The molecule has 1 N–H and O–H groups in total. The van der Waals surface area contributed by atoms with Gasteiger partial charge < -0.3 is 19.7 Å². The molecule has 2 atom stereocenters. The monoisotopic (exact) mass is 509 g/mol. The van der Waals surface area contributed by atoms with Gasteiger partial charge in [-0.05, 0) is 48.6 Å². The number of hydrogen-bond acceptors (Lipinski definition) is 3. The number of aliphatic imine (C=N–C) groups is 1. The summed E-state index contributed by atoms with van der Waals surface area (Å²) in [5.41, 5.74) is 4.03. The van der Waals surface area contributed by atoms with Gasteiger partial charge in [-0.3, -0.25) is 4.99 Å². The van der Waals surface area contributed by atoms with E-state index in [0.29, 0.717) is 12.0 Å². The largest absolute Gasteiger partial charge is 0.493 e. The van der Waals surface area contributed by atoms with Crippen molar-refractivity contribution in [3.63, 3.8) is 0 Å². The molecule has 1 fully saturated rings. The van der Waals surface area contributed by atoms with E-state index in [4.69, 9.17) is 9.47 Å². The fourth-order valence-electron chi connectivity index (χ4n) is 3.65. The third-order valence-corrected chi connectivity index (χ3v) is 5.45. The van der Waals surface area contributed by atoms with Crippen LogP contribution in [0.1, 0.15) is 29.0 Å². The van der Waals surface area contributed by atoms with E-state index in [1.54, 1.807) is 14.2 Å². The molecule has 0 aliphatic heterocycles. The lowest BCUT2D eigenvalue weighted by Crippen LogP contribution is -2.41. The van der Waals surface area contributed by atoms with E-state index in [1.807, 2.05) is 19.2 Å². The summed E-state index contributed by atoms with van der Waals surface area (Å²) in [6.07, 6.45) is 2.07. The molecule has 0 amide bonds. The summed E-state index contributed by atoms with van der Waals surface area (Å²) in [7, 11) is 7.25. The maximum atomic E-state index is 5.40. The first kappa shape index (κ1) is 23.3. The van der Waals surface area contributed by atoms with Crippen molar-refractivity contribution in [3.8, 4) is 11.5 Å². The average molecular weight is 509 g/mol. The van der Waals surface area contributed by atoms with Crippen LogP contribution in [-0.2, 0) is 6.42 Å². The van der Waals surface area contributed by atoms with Crippen molar-refractivity contribution in [1.29, 1.82) is 0 Å². The molecule has 1 aliphatic carbocycles. The Hall–Kier alpha value is -1.96. The molecule has 3 rings (SSSR count). The molecule has 158 valence electrons. The van der Waals surface area contributed by atoms with Gasteiger partial charge in [0.2, 0.25) is 0 Å². The van der Waals surface area contributed by atoms with Gasteiger partial charge in [-0.25, -0.2) is 0 Å². The van der Waals surface area contributed by atoms with E-state index in [2.05, 4.69) is 59.5 Å². The van der Waals surface area contributed by atoms with Crippen molar-refractivity contribution >= 4 is 29.9 Å². The second-order valence-corrected chi connectivity index (χ2v) is 7.36. The van der Waals surface area contributed by atoms with Crippen molar-refractivity contribution in [1.82, 2.24) is 10.2 Å². The second kappa shape index (κ2) is 10.7. The number of hydrogen-bond donors (Lipinski definition) is 1. The Morgan fingerprint density at radius 1 is 1.14 bits per heavy atom. The molecule has 1 saturated carbocycles. The zero-order chi connectivity index (χ0) is 20.1. The Morgan fingerprint density at radius 2 is 1.86 bits per heavy atom. The maximum Gasteiger partial charge on any atom is 0.193 e. The number of guanidine groups is 1. The molecule has 29 heavy (non-hydrogen) atoms. The highest BCUT2D eigenvalue weighted by Gasteiger charge is 2.40. The molecule has 0 saturated heterocycles. The summed E-state index contributed by atoms with van der Waals surface area (Å²) in [4.78, 5) is 6.66. The van der Waals surface area contributed by atoms with Gasteiger partial charge >= 0.3 is 0 Å². The van der Waals surface area contributed by atoms with Gasteiger partial charge in [-0.2, -0.15) is 0 Å². The molecule has 0 bridgehead atoms. The summed E-state index contributed by atoms with van der Waals surface area (Å²) >= 11 is 0. The predicted octanol–water partition coefficient (Wildman–Crippen LogP) is 4.24. The molecule has 0 spiro atoms. The lowest BCUT2D eigenvalue weighted by molar-refractivity contribution is 0.354. The Labute approximate surface area is 191 Å². The number of benzene rings is 2. The van der Waals surface area contributed by atoms with Gasteiger partial charge in [0.25, 0.3) is 0 Å². The Morgan fingerprint density at radius 3 is 2.52 bits per heavy atom. The SMILES string of the molecule is CN=C(NC1CC1c1ccccc1C)N(C)CCc1ccc(OC)c(OC)c1.I. The van der Waals surface area contributed by atoms with Crippen LogP contribution in [0.15, 0.2) is 47.5 Å². The first-order valence-electron chi connectivity index (χ1n) is 9.78. The molecule has 2 unspecified atom stereocenters. The van der Waals surface area contributed by atoms with Crippen LogP contribution < -0.4 is 14.8 Å². The normalized spacial score (nSPS) is 17.9. The van der Waals surface area contributed by atoms with E-state index in [0.717, 1.165) is 36.8 Å². The topological polar surface area (TPSA) is 46.1 Å². The van der Waals surface area contributed by atoms with Gasteiger partial charge in [-0.1, -0.05) is 30.3 Å². The third-order valence-electron chi connectivity index (χ3n) is 5.45. The predicted molar refractivity (Wildman–Crippen MR) is 130 cm³/mol. The van der Waals surface area contributed by atoms with E-state index >= 15 is 0 Å². The van der Waals surface area contributed by atoms with Crippen LogP contribution >= 0.6 is 24.0 Å². The van der Waals surface area contributed by atoms with Crippen LogP contribution in [0.5, 0.6) is 11.5 Å². The van der Waals surface area contributed by atoms with Crippen LogP contribution in [-0.4, -0.2) is 51.8 Å². The summed E-state index contributed by atoms with van der Waals surface area (Å²) < 4.78 is 10.7. The number of nitrogens with zero attached hydrogens (tertiary/aromatic N) is 2. The number of likely N-dealkylation sites (N-methyl/N-ethyl adjacent to an activating group) is 1. The number of halogens is 1. The fourth-order valence-corrected chi connectivity index (χ4v) is 3.65. The second-order valence-electron chi connectivity index (χ2n) is 7.36. The molecular formula is C23H32IN3O2. The van der Waals surface area contributed by atoms with Gasteiger partial charge in [0, 0.05) is 32.6 Å². The van der Waals surface area contributed by atoms with Crippen LogP contribution in [0.4, 0.5) is 0 Å². The highest BCUT2D eigenvalue weighted by Crippen LogP contribution is 2.42. The summed E-state index contributed by atoms with van der Waals surface area (Å²) in [5.74, 6) is 3.05. The zero-order valence-electron chi connectivity index (χ0n) is 17.9. The third kappa shape index (κ3) is 5.78. The highest BCUT2D eigenvalue weighted by atomic mass is 127. The molecule has 2 aromatic carbocycles. The minimum atomic E-state index is 0. The van der Waals surface area contributed by atoms with Crippen LogP contribution in [0.25, 0.3) is 0 Å². The Balaban J connectivity index is 0.00000300. The molecule has 2 aromatic rings. The van der Waals surface area contributed by atoms with Crippen molar-refractivity contribution < 1.29 is 9.47 Å². The van der Waals surface area contributed by atoms with E-state index in [1.165, 1.54) is 16.7 Å². The molecule has 0 heterocycles. The van der Waals surface area contributed by atoms with Gasteiger partial charge in [0.05, 0.1) is 14.2 Å². The molecule has 6 heteroatoms. The van der Waals surface area contributed by atoms with E-state index in [9.17, 15) is 0 Å². The highest BCUT2D eigenvalue weighted by molar-refractivity contribution is 14.0. The van der Waals surface area contributed by atoms with Gasteiger partial charge in [0.15, 0.2) is 17.5 Å². The molecule has 5 nitrogen and oxygen atoms in total. The number of aryl methyl sites for hydroxylation is 1. The lowest BCUT2D eigenvalue weighted by atomic mass is 10.0. The fraction of sp³-hybridized carbons (Fsp3) is 0.435. The minimum Gasteiger partial charge on any atom is -0.493 e. The number of nitrogens with one attached hydrogen (secondary N) is 1. The summed E-state index contributed by atoms with van der Waals surface area (Å²) in [6, 6.07) is 15.2. The quantitative estimate of drug-likeness (QED) is 0.345. The lowest BCUT2D eigenvalue weighted by Gasteiger charge is -2.22. The first-order chi connectivity index (χ1) is 13.6. The van der Waals surface area contributed by atoms with Crippen LogP contribution in [0.3, 0.4) is 0 Å². The van der Waals surface area contributed by atoms with Crippen molar-refractivity contribution in [3.05, 3.63) is 59.2 Å². The standard InChI is InChI=1S/C23H31N3O2.HI/c1-16-8-6-7-9-18(16)19-15-20(19)25-23(24-2)26(3)13-12-17-10-11-21(27-4)22(14-17)28-5;/h6-11,14,19-20H,12-13,15H2,1-5H3,(H,24,25);1H. The van der Waals surface area contributed by atoms with E-state index < -0.39 is 0 Å². The molecule has 0 aromatic heterocycles. The molecule has 1 aliphatic rings. The summed E-state index contributed by atoms with van der Waals surface area (Å²) in [5, 5.41) is 3.62. The zero-order valence-corrected chi connectivity index (χ0v) is 20.3. The van der Waals surface area contributed by atoms with Gasteiger partial charge in [0.1, 0.15) is 0 Å². The number of ether oxygens (including phenoxy) is 2. The van der Waals surface area contributed by atoms with Gasteiger partial charge in [-0.15, -0.1) is 24.0 Å². The first-order valence-corrected chi connectivity index (χ1v) is 9.78. The minimum absolute atomic E-state index is 0. The number of methoxy groups -OCH3 is 2. The van der Waals surface area contributed by atoms with E-state index in [-0.39, 0.29) is 24.0 Å². The summed E-state index contributed by atoms with van der Waals surface area (Å²) in [6.45, 7) is 3.06. The molecule has 0 radical (unpaired) electrons. The maximum absolute atomic E-state index is 5.40. The van der Waals surface area contributed by atoms with Crippen molar-refractivity contribution in [2.75, 3.05) is 34.9 Å². The molecular weight excluding hydrogens is 477 g/mol. The Kier molecular flexibility index (Phi) is 8.61.